The lowest BCUT2D eigenvalue weighted by Gasteiger charge is -2.34. The summed E-state index contributed by atoms with van der Waals surface area (Å²) in [6, 6.07) is 4.92. The first kappa shape index (κ1) is 13.9. The summed E-state index contributed by atoms with van der Waals surface area (Å²) >= 11 is 6.08. The minimum Gasteiger partial charge on any atom is -0.342 e. The molecule has 1 aliphatic heterocycles. The highest BCUT2D eigenvalue weighted by Gasteiger charge is 2.35. The number of carbonyl (C=O) groups is 2. The van der Waals surface area contributed by atoms with E-state index in [4.69, 9.17) is 11.6 Å². The van der Waals surface area contributed by atoms with Crippen LogP contribution in [0.1, 0.15) is 19.4 Å². The lowest BCUT2D eigenvalue weighted by Crippen LogP contribution is -2.60. The molecule has 1 saturated heterocycles. The zero-order valence-corrected chi connectivity index (χ0v) is 12.0. The largest absolute Gasteiger partial charge is 0.342 e. The molecule has 5 heteroatoms. The van der Waals surface area contributed by atoms with Crippen molar-refractivity contribution < 1.29 is 9.59 Å². The molecule has 1 fully saturated rings. The van der Waals surface area contributed by atoms with E-state index in [-0.39, 0.29) is 24.3 Å². The van der Waals surface area contributed by atoms with Crippen molar-refractivity contribution in [3.05, 3.63) is 28.8 Å². The second-order valence-corrected chi connectivity index (χ2v) is 5.55. The molecule has 1 aromatic rings. The van der Waals surface area contributed by atoms with Crippen molar-refractivity contribution in [1.29, 1.82) is 0 Å². The van der Waals surface area contributed by atoms with E-state index in [1.54, 1.807) is 6.07 Å². The minimum absolute atomic E-state index is 0.0431. The van der Waals surface area contributed by atoms with Gasteiger partial charge < -0.3 is 10.2 Å². The molecule has 0 aromatic heterocycles. The van der Waals surface area contributed by atoms with Crippen LogP contribution in [0.15, 0.2) is 18.2 Å². The highest BCUT2D eigenvalue weighted by molar-refractivity contribution is 6.31. The summed E-state index contributed by atoms with van der Waals surface area (Å²) in [7, 11) is 0. The second kappa shape index (κ2) is 5.21. The average Bonchev–Trinajstić information content (AvgIpc) is 2.35. The third-order valence-electron chi connectivity index (χ3n) is 3.28. The molecule has 1 atom stereocenters. The lowest BCUT2D eigenvalue weighted by molar-refractivity contribution is -0.132. The fourth-order valence-corrected chi connectivity index (χ4v) is 2.27. The summed E-state index contributed by atoms with van der Waals surface area (Å²) in [6.07, 6.45) is 0. The molecule has 1 N–H and O–H groups in total. The molecule has 19 heavy (non-hydrogen) atoms. The van der Waals surface area contributed by atoms with Gasteiger partial charge in [0, 0.05) is 10.7 Å². The van der Waals surface area contributed by atoms with Crippen LogP contribution < -0.4 is 10.2 Å². The number of anilines is 1. The van der Waals surface area contributed by atoms with Gasteiger partial charge in [0.05, 0.1) is 0 Å². The molecule has 1 heterocycles. The maximum Gasteiger partial charge on any atom is 0.250 e. The zero-order chi connectivity index (χ0) is 14.2. The summed E-state index contributed by atoms with van der Waals surface area (Å²) in [4.78, 5) is 25.6. The quantitative estimate of drug-likeness (QED) is 0.902. The number of benzene rings is 1. The highest BCUT2D eigenvalue weighted by Crippen LogP contribution is 2.25. The number of nitrogens with zero attached hydrogens (tertiary/aromatic N) is 1. The SMILES string of the molecule is Cc1ccc(N2CC(=O)NC(C(C)C)C2=O)cc1Cl. The van der Waals surface area contributed by atoms with Crippen LogP contribution in [-0.4, -0.2) is 24.4 Å². The standard InChI is InChI=1S/C14H17ClN2O2/c1-8(2)13-14(19)17(7-12(18)16-13)10-5-4-9(3)11(15)6-10/h4-6,8,13H,7H2,1-3H3,(H,16,18). The number of hydrogen-bond donors (Lipinski definition) is 1. The second-order valence-electron chi connectivity index (χ2n) is 5.15. The third kappa shape index (κ3) is 2.73. The fourth-order valence-electron chi connectivity index (χ4n) is 2.09. The van der Waals surface area contributed by atoms with Gasteiger partial charge in [0.15, 0.2) is 0 Å². The van der Waals surface area contributed by atoms with E-state index in [0.29, 0.717) is 10.7 Å². The molecule has 1 unspecified atom stereocenters. The van der Waals surface area contributed by atoms with E-state index in [2.05, 4.69) is 5.32 Å². The smallest absolute Gasteiger partial charge is 0.250 e. The van der Waals surface area contributed by atoms with Gasteiger partial charge >= 0.3 is 0 Å². The Morgan fingerprint density at radius 1 is 1.37 bits per heavy atom. The topological polar surface area (TPSA) is 49.4 Å². The van der Waals surface area contributed by atoms with Crippen LogP contribution in [0.25, 0.3) is 0 Å². The van der Waals surface area contributed by atoms with Gasteiger partial charge in [0.1, 0.15) is 12.6 Å². The first-order valence-corrected chi connectivity index (χ1v) is 6.65. The molecule has 1 aromatic carbocycles. The molecule has 0 radical (unpaired) electrons. The monoisotopic (exact) mass is 280 g/mol. The first-order valence-electron chi connectivity index (χ1n) is 6.27. The molecule has 2 rings (SSSR count). The summed E-state index contributed by atoms with van der Waals surface area (Å²) in [5.41, 5.74) is 1.61. The van der Waals surface area contributed by atoms with Crippen LogP contribution in [0, 0.1) is 12.8 Å². The van der Waals surface area contributed by atoms with Crippen molar-refractivity contribution in [3.8, 4) is 0 Å². The summed E-state index contributed by atoms with van der Waals surface area (Å²) < 4.78 is 0. The van der Waals surface area contributed by atoms with Crippen LogP contribution in [-0.2, 0) is 9.59 Å². The van der Waals surface area contributed by atoms with Gasteiger partial charge in [0.25, 0.3) is 0 Å². The van der Waals surface area contributed by atoms with Crippen LogP contribution in [0.3, 0.4) is 0 Å². The van der Waals surface area contributed by atoms with E-state index in [1.807, 2.05) is 32.9 Å². The maximum atomic E-state index is 12.4. The highest BCUT2D eigenvalue weighted by atomic mass is 35.5. The van der Waals surface area contributed by atoms with Crippen molar-refractivity contribution >= 4 is 29.1 Å². The number of carbonyl (C=O) groups excluding carboxylic acids is 2. The van der Waals surface area contributed by atoms with Gasteiger partial charge in [-0.2, -0.15) is 0 Å². The molecule has 1 aliphatic rings. The van der Waals surface area contributed by atoms with E-state index >= 15 is 0 Å². The molecule has 2 amide bonds. The molecule has 0 aliphatic carbocycles. The van der Waals surface area contributed by atoms with Crippen molar-refractivity contribution in [2.75, 3.05) is 11.4 Å². The third-order valence-corrected chi connectivity index (χ3v) is 3.69. The average molecular weight is 281 g/mol. The van der Waals surface area contributed by atoms with Crippen molar-refractivity contribution in [2.45, 2.75) is 26.8 Å². The van der Waals surface area contributed by atoms with Crippen LogP contribution in [0.5, 0.6) is 0 Å². The molecule has 0 spiro atoms. The van der Waals surface area contributed by atoms with E-state index in [9.17, 15) is 9.59 Å². The van der Waals surface area contributed by atoms with Gasteiger partial charge in [-0.05, 0) is 30.5 Å². The van der Waals surface area contributed by atoms with Gasteiger partial charge in [-0.3, -0.25) is 9.59 Å². The Balaban J connectivity index is 2.34. The molecule has 0 bridgehead atoms. The Labute approximate surface area is 117 Å². The Bertz CT molecular complexity index is 528. The minimum atomic E-state index is -0.471. The maximum absolute atomic E-state index is 12.4. The Hall–Kier alpha value is -1.55. The van der Waals surface area contributed by atoms with Gasteiger partial charge in [-0.1, -0.05) is 31.5 Å². The van der Waals surface area contributed by atoms with Gasteiger partial charge in [-0.15, -0.1) is 0 Å². The fraction of sp³-hybridized carbons (Fsp3) is 0.429. The molecular weight excluding hydrogens is 264 g/mol. The molecule has 102 valence electrons. The van der Waals surface area contributed by atoms with E-state index in [0.717, 1.165) is 5.56 Å². The van der Waals surface area contributed by atoms with E-state index in [1.165, 1.54) is 4.90 Å². The number of hydrogen-bond acceptors (Lipinski definition) is 2. The van der Waals surface area contributed by atoms with Gasteiger partial charge in [0.2, 0.25) is 11.8 Å². The molecular formula is C14H17ClN2O2. The van der Waals surface area contributed by atoms with Crippen LogP contribution in [0.2, 0.25) is 5.02 Å². The number of rotatable bonds is 2. The van der Waals surface area contributed by atoms with Crippen molar-refractivity contribution in [2.24, 2.45) is 5.92 Å². The van der Waals surface area contributed by atoms with Gasteiger partial charge in [-0.25, -0.2) is 0 Å². The zero-order valence-electron chi connectivity index (χ0n) is 11.2. The predicted octanol–water partition coefficient (Wildman–Crippen LogP) is 2.14. The normalized spacial score (nSPS) is 19.8. The number of nitrogens with one attached hydrogen (secondary N) is 1. The number of amides is 2. The predicted molar refractivity (Wildman–Crippen MR) is 75.3 cm³/mol. The van der Waals surface area contributed by atoms with Crippen molar-refractivity contribution in [3.63, 3.8) is 0 Å². The lowest BCUT2D eigenvalue weighted by atomic mass is 10.00. The van der Waals surface area contributed by atoms with E-state index < -0.39 is 6.04 Å². The Morgan fingerprint density at radius 2 is 2.05 bits per heavy atom. The first-order chi connectivity index (χ1) is 8.90. The summed E-state index contributed by atoms with van der Waals surface area (Å²) in [5, 5.41) is 3.32. The summed E-state index contributed by atoms with van der Waals surface area (Å²) in [5.74, 6) is -0.176. The number of piperazine rings is 1. The number of halogens is 1. The Kier molecular flexibility index (Phi) is 3.80. The molecule has 0 saturated carbocycles. The molecule has 4 nitrogen and oxygen atoms in total. The Morgan fingerprint density at radius 3 is 2.63 bits per heavy atom. The van der Waals surface area contributed by atoms with Crippen LogP contribution in [0.4, 0.5) is 5.69 Å². The number of aryl methyl sites for hydroxylation is 1. The van der Waals surface area contributed by atoms with Crippen molar-refractivity contribution in [1.82, 2.24) is 5.32 Å². The van der Waals surface area contributed by atoms with Crippen LogP contribution >= 0.6 is 11.6 Å². The summed E-state index contributed by atoms with van der Waals surface area (Å²) in [6.45, 7) is 5.76.